The molecule has 0 fully saturated rings. The molecule has 0 unspecified atom stereocenters. The summed E-state index contributed by atoms with van der Waals surface area (Å²) in [5.74, 6) is -1.09. The third kappa shape index (κ3) is 4.06. The Hall–Kier alpha value is -2.99. The Kier molecular flexibility index (Phi) is 5.66. The van der Waals surface area contributed by atoms with Crippen LogP contribution in [0.15, 0.2) is 48.5 Å². The molecule has 1 aliphatic heterocycles. The summed E-state index contributed by atoms with van der Waals surface area (Å²) in [6, 6.07) is 14.7. The minimum atomic E-state index is -0.415. The van der Waals surface area contributed by atoms with Crippen molar-refractivity contribution in [3.05, 3.63) is 70.8 Å². The van der Waals surface area contributed by atoms with Crippen LogP contribution in [0.1, 0.15) is 38.3 Å². The molecule has 0 saturated heterocycles. The van der Waals surface area contributed by atoms with E-state index in [9.17, 15) is 14.4 Å². The van der Waals surface area contributed by atoms with E-state index in [1.165, 1.54) is 0 Å². The summed E-state index contributed by atoms with van der Waals surface area (Å²) in [6.07, 6.45) is 0.653. The maximum atomic E-state index is 12.9. The third-order valence-electron chi connectivity index (χ3n) is 4.62. The van der Waals surface area contributed by atoms with Gasteiger partial charge in [0.1, 0.15) is 6.54 Å². The maximum absolute atomic E-state index is 12.9. The number of carbonyl (C=O) groups excluding carboxylic acids is 3. The summed E-state index contributed by atoms with van der Waals surface area (Å²) in [5, 5.41) is 0. The van der Waals surface area contributed by atoms with Gasteiger partial charge < -0.3 is 10.6 Å². The molecule has 0 saturated carbocycles. The number of aryl methyl sites for hydroxylation is 1. The lowest BCUT2D eigenvalue weighted by Gasteiger charge is -2.25. The molecule has 140 valence electrons. The summed E-state index contributed by atoms with van der Waals surface area (Å²) in [7, 11) is 0. The smallest absolute Gasteiger partial charge is 0.262 e. The molecule has 3 rings (SSSR count). The normalized spacial score (nSPS) is 13.0. The van der Waals surface area contributed by atoms with Crippen LogP contribution in [0.2, 0.25) is 0 Å². The molecular formula is C21H23N3O3. The average Bonchev–Trinajstić information content (AvgIpc) is 2.90. The highest BCUT2D eigenvalue weighted by atomic mass is 16.2. The van der Waals surface area contributed by atoms with Gasteiger partial charge >= 0.3 is 0 Å². The van der Waals surface area contributed by atoms with Crippen molar-refractivity contribution in [2.24, 2.45) is 5.73 Å². The van der Waals surface area contributed by atoms with Crippen LogP contribution in [-0.4, -0.2) is 47.2 Å². The van der Waals surface area contributed by atoms with E-state index in [0.29, 0.717) is 37.2 Å². The number of nitrogens with zero attached hydrogens (tertiary/aromatic N) is 2. The van der Waals surface area contributed by atoms with Crippen molar-refractivity contribution in [2.75, 3.05) is 19.6 Å². The second-order valence-electron chi connectivity index (χ2n) is 6.69. The first-order valence-electron chi connectivity index (χ1n) is 9.00. The molecule has 1 heterocycles. The van der Waals surface area contributed by atoms with Crippen LogP contribution in [0.3, 0.4) is 0 Å². The molecule has 27 heavy (non-hydrogen) atoms. The Morgan fingerprint density at radius 1 is 1.04 bits per heavy atom. The van der Waals surface area contributed by atoms with E-state index in [-0.39, 0.29) is 12.5 Å². The van der Waals surface area contributed by atoms with Crippen LogP contribution >= 0.6 is 0 Å². The molecule has 6 heteroatoms. The van der Waals surface area contributed by atoms with E-state index in [4.69, 9.17) is 5.73 Å². The van der Waals surface area contributed by atoms with E-state index in [1.54, 1.807) is 23.1 Å². The molecule has 0 spiro atoms. The van der Waals surface area contributed by atoms with E-state index >= 15 is 0 Å². The Balaban J connectivity index is 1.75. The Labute approximate surface area is 158 Å². The van der Waals surface area contributed by atoms with Gasteiger partial charge in [0, 0.05) is 13.1 Å². The van der Waals surface area contributed by atoms with E-state index in [0.717, 1.165) is 16.0 Å². The lowest BCUT2D eigenvalue weighted by Crippen LogP contribution is -2.43. The molecule has 0 bridgehead atoms. The number of rotatable bonds is 7. The lowest BCUT2D eigenvalue weighted by molar-refractivity contribution is -0.132. The number of hydrogen-bond acceptors (Lipinski definition) is 4. The molecule has 0 atom stereocenters. The fourth-order valence-electron chi connectivity index (χ4n) is 3.16. The van der Waals surface area contributed by atoms with Crippen molar-refractivity contribution in [2.45, 2.75) is 19.9 Å². The first-order valence-corrected chi connectivity index (χ1v) is 9.00. The standard InChI is InChI=1S/C21H23N3O3/c1-15-8-9-17-18(12-15)21(27)24(20(17)26)14-19(25)23(11-5-10-22)13-16-6-3-2-4-7-16/h2-4,6-9,12H,5,10-11,13-14,22H2,1H3. The van der Waals surface area contributed by atoms with Gasteiger partial charge in [-0.05, 0) is 37.6 Å². The lowest BCUT2D eigenvalue weighted by atomic mass is 10.1. The zero-order chi connectivity index (χ0) is 19.4. The van der Waals surface area contributed by atoms with E-state index in [1.807, 2.05) is 37.3 Å². The number of benzene rings is 2. The van der Waals surface area contributed by atoms with Crippen LogP contribution in [0.4, 0.5) is 0 Å². The minimum Gasteiger partial charge on any atom is -0.337 e. The molecule has 1 aliphatic rings. The van der Waals surface area contributed by atoms with Gasteiger partial charge in [-0.25, -0.2) is 0 Å². The van der Waals surface area contributed by atoms with E-state index < -0.39 is 11.8 Å². The fraction of sp³-hybridized carbons (Fsp3) is 0.286. The number of nitrogens with two attached hydrogens (primary N) is 1. The second-order valence-corrected chi connectivity index (χ2v) is 6.69. The van der Waals surface area contributed by atoms with Crippen molar-refractivity contribution in [3.8, 4) is 0 Å². The van der Waals surface area contributed by atoms with Gasteiger partial charge in [-0.15, -0.1) is 0 Å². The van der Waals surface area contributed by atoms with Gasteiger partial charge in [-0.2, -0.15) is 0 Å². The van der Waals surface area contributed by atoms with E-state index in [2.05, 4.69) is 0 Å². The van der Waals surface area contributed by atoms with Crippen molar-refractivity contribution in [3.63, 3.8) is 0 Å². The van der Waals surface area contributed by atoms with Gasteiger partial charge in [-0.1, -0.05) is 42.0 Å². The number of amides is 3. The highest BCUT2D eigenvalue weighted by molar-refractivity contribution is 6.22. The van der Waals surface area contributed by atoms with Crippen LogP contribution in [0, 0.1) is 6.92 Å². The Morgan fingerprint density at radius 3 is 2.44 bits per heavy atom. The Morgan fingerprint density at radius 2 is 1.74 bits per heavy atom. The van der Waals surface area contributed by atoms with Crippen LogP contribution in [0.5, 0.6) is 0 Å². The molecule has 0 aliphatic carbocycles. The monoisotopic (exact) mass is 365 g/mol. The molecular weight excluding hydrogens is 342 g/mol. The van der Waals surface area contributed by atoms with Gasteiger partial charge in [0.25, 0.3) is 11.8 Å². The average molecular weight is 365 g/mol. The number of hydrogen-bond donors (Lipinski definition) is 1. The summed E-state index contributed by atoms with van der Waals surface area (Å²) < 4.78 is 0. The molecule has 3 amide bonds. The third-order valence-corrected chi connectivity index (χ3v) is 4.62. The highest BCUT2D eigenvalue weighted by Gasteiger charge is 2.37. The zero-order valence-corrected chi connectivity index (χ0v) is 15.4. The van der Waals surface area contributed by atoms with Crippen molar-refractivity contribution in [1.29, 1.82) is 0 Å². The number of imide groups is 1. The molecule has 6 nitrogen and oxygen atoms in total. The summed E-state index contributed by atoms with van der Waals surface area (Å²) in [5.41, 5.74) is 8.20. The van der Waals surface area contributed by atoms with Gasteiger partial charge in [0.2, 0.25) is 5.91 Å². The highest BCUT2D eigenvalue weighted by Crippen LogP contribution is 2.24. The van der Waals surface area contributed by atoms with Crippen LogP contribution < -0.4 is 5.73 Å². The van der Waals surface area contributed by atoms with Crippen molar-refractivity contribution < 1.29 is 14.4 Å². The largest absolute Gasteiger partial charge is 0.337 e. The number of carbonyl (C=O) groups is 3. The topological polar surface area (TPSA) is 83.7 Å². The first-order chi connectivity index (χ1) is 13.0. The van der Waals surface area contributed by atoms with Crippen LogP contribution in [-0.2, 0) is 11.3 Å². The summed E-state index contributed by atoms with van der Waals surface area (Å²) in [6.45, 7) is 2.96. The first kappa shape index (κ1) is 18.8. The van der Waals surface area contributed by atoms with Crippen molar-refractivity contribution in [1.82, 2.24) is 9.80 Å². The molecule has 2 aromatic carbocycles. The van der Waals surface area contributed by atoms with Gasteiger partial charge in [-0.3, -0.25) is 19.3 Å². The summed E-state index contributed by atoms with van der Waals surface area (Å²) >= 11 is 0. The number of fused-ring (bicyclic) bond motifs is 1. The predicted octanol–water partition coefficient (Wildman–Crippen LogP) is 1.97. The zero-order valence-electron chi connectivity index (χ0n) is 15.4. The fourth-order valence-corrected chi connectivity index (χ4v) is 3.16. The molecule has 2 aromatic rings. The maximum Gasteiger partial charge on any atom is 0.262 e. The SMILES string of the molecule is Cc1ccc2c(c1)C(=O)N(CC(=O)N(CCCN)Cc1ccccc1)C2=O. The molecule has 0 aromatic heterocycles. The second kappa shape index (κ2) is 8.14. The summed E-state index contributed by atoms with van der Waals surface area (Å²) in [4.78, 5) is 40.7. The Bertz CT molecular complexity index is 864. The van der Waals surface area contributed by atoms with Gasteiger partial charge in [0.15, 0.2) is 0 Å². The minimum absolute atomic E-state index is 0.261. The predicted molar refractivity (Wildman–Crippen MR) is 102 cm³/mol. The molecule has 0 radical (unpaired) electrons. The van der Waals surface area contributed by atoms with Crippen LogP contribution in [0.25, 0.3) is 0 Å². The quantitative estimate of drug-likeness (QED) is 0.761. The van der Waals surface area contributed by atoms with Gasteiger partial charge in [0.05, 0.1) is 11.1 Å². The molecule has 2 N–H and O–H groups in total. The van der Waals surface area contributed by atoms with Crippen molar-refractivity contribution >= 4 is 17.7 Å².